The molecule has 1 aromatic rings. The Bertz CT molecular complexity index is 508. The van der Waals surface area contributed by atoms with Crippen molar-refractivity contribution in [3.05, 3.63) is 28.2 Å². The zero-order chi connectivity index (χ0) is 13.8. The topological polar surface area (TPSA) is 69.6 Å². The van der Waals surface area contributed by atoms with Crippen LogP contribution in [-0.4, -0.2) is 38.0 Å². The van der Waals surface area contributed by atoms with Gasteiger partial charge in [0.25, 0.3) is 0 Å². The molecule has 0 fully saturated rings. The van der Waals surface area contributed by atoms with Crippen molar-refractivity contribution >= 4 is 39.1 Å². The van der Waals surface area contributed by atoms with E-state index in [4.69, 9.17) is 28.3 Å². The molecule has 0 saturated carbocycles. The largest absolute Gasteiger partial charge is 0.396 e. The van der Waals surface area contributed by atoms with E-state index in [1.807, 2.05) is 0 Å². The van der Waals surface area contributed by atoms with Gasteiger partial charge in [0, 0.05) is 25.2 Å². The lowest BCUT2D eigenvalue weighted by Crippen LogP contribution is -2.33. The number of nitrogens with one attached hydrogen (secondary N) is 1. The zero-order valence-corrected chi connectivity index (χ0v) is 12.1. The number of aliphatic hydroxyl groups is 1. The van der Waals surface area contributed by atoms with E-state index in [1.54, 1.807) is 6.07 Å². The van der Waals surface area contributed by atoms with Crippen LogP contribution in [0.15, 0.2) is 18.2 Å². The highest BCUT2D eigenvalue weighted by Gasteiger charge is 2.18. The maximum absolute atomic E-state index is 11.9. The van der Waals surface area contributed by atoms with Crippen molar-refractivity contribution in [3.63, 3.8) is 0 Å². The van der Waals surface area contributed by atoms with Crippen LogP contribution in [0.1, 0.15) is 6.42 Å². The van der Waals surface area contributed by atoms with Crippen molar-refractivity contribution in [1.29, 1.82) is 0 Å². The molecule has 1 aromatic carbocycles. The molecule has 0 aliphatic heterocycles. The van der Waals surface area contributed by atoms with Crippen LogP contribution in [0.25, 0.3) is 0 Å². The van der Waals surface area contributed by atoms with Gasteiger partial charge in [-0.25, -0.2) is 0 Å². The molecule has 0 atom stereocenters. The maximum atomic E-state index is 11.9. The van der Waals surface area contributed by atoms with Gasteiger partial charge in [-0.2, -0.15) is 12.7 Å². The Morgan fingerprint density at radius 2 is 2.06 bits per heavy atom. The molecule has 0 radical (unpaired) electrons. The summed E-state index contributed by atoms with van der Waals surface area (Å²) >= 11 is 11.6. The van der Waals surface area contributed by atoms with Crippen molar-refractivity contribution < 1.29 is 13.5 Å². The molecule has 8 heteroatoms. The van der Waals surface area contributed by atoms with Crippen molar-refractivity contribution in [2.24, 2.45) is 0 Å². The number of halogens is 2. The number of anilines is 1. The lowest BCUT2D eigenvalue weighted by atomic mass is 10.3. The van der Waals surface area contributed by atoms with E-state index in [0.29, 0.717) is 11.4 Å². The summed E-state index contributed by atoms with van der Waals surface area (Å²) in [6.45, 7) is 0.151. The molecule has 0 heterocycles. The van der Waals surface area contributed by atoms with E-state index < -0.39 is 10.2 Å². The first-order chi connectivity index (χ1) is 8.36. The number of hydrogen-bond acceptors (Lipinski definition) is 3. The number of benzene rings is 1. The second-order valence-corrected chi connectivity index (χ2v) is 6.25. The molecule has 0 saturated heterocycles. The number of nitrogens with zero attached hydrogens (tertiary/aromatic N) is 1. The van der Waals surface area contributed by atoms with Crippen molar-refractivity contribution in [2.45, 2.75) is 6.42 Å². The Balaban J connectivity index is 2.82. The summed E-state index contributed by atoms with van der Waals surface area (Å²) in [6.07, 6.45) is 0.367. The van der Waals surface area contributed by atoms with Gasteiger partial charge in [0.2, 0.25) is 0 Å². The minimum atomic E-state index is -3.68. The quantitative estimate of drug-likeness (QED) is 0.843. The second kappa shape index (κ2) is 6.58. The predicted molar refractivity (Wildman–Crippen MR) is 73.3 cm³/mol. The van der Waals surface area contributed by atoms with E-state index in [0.717, 1.165) is 4.31 Å². The maximum Gasteiger partial charge on any atom is 0.301 e. The number of rotatable bonds is 6. The van der Waals surface area contributed by atoms with Gasteiger partial charge in [0.15, 0.2) is 0 Å². The Morgan fingerprint density at radius 3 is 2.61 bits per heavy atom. The molecule has 0 spiro atoms. The van der Waals surface area contributed by atoms with Gasteiger partial charge < -0.3 is 5.11 Å². The van der Waals surface area contributed by atoms with Gasteiger partial charge in [0.05, 0.1) is 10.7 Å². The first kappa shape index (κ1) is 15.5. The zero-order valence-electron chi connectivity index (χ0n) is 9.73. The highest BCUT2D eigenvalue weighted by molar-refractivity contribution is 7.90. The fourth-order valence-corrected chi connectivity index (χ4v) is 2.70. The van der Waals surface area contributed by atoms with E-state index in [2.05, 4.69) is 4.72 Å². The van der Waals surface area contributed by atoms with Crippen LogP contribution < -0.4 is 4.72 Å². The fraction of sp³-hybridized carbons (Fsp3) is 0.400. The molecule has 0 bridgehead atoms. The molecule has 0 aliphatic carbocycles. The minimum absolute atomic E-state index is 0.0679. The van der Waals surface area contributed by atoms with Crippen LogP contribution in [0.4, 0.5) is 5.69 Å². The molecular formula is C10H14Cl2N2O3S. The van der Waals surface area contributed by atoms with Crippen LogP contribution >= 0.6 is 23.2 Å². The fourth-order valence-electron chi connectivity index (χ4n) is 1.20. The first-order valence-corrected chi connectivity index (χ1v) is 7.36. The monoisotopic (exact) mass is 312 g/mol. The van der Waals surface area contributed by atoms with E-state index >= 15 is 0 Å². The molecule has 0 amide bonds. The van der Waals surface area contributed by atoms with Crippen LogP contribution in [0.2, 0.25) is 10.0 Å². The summed E-state index contributed by atoms with van der Waals surface area (Å²) in [7, 11) is -2.26. The highest BCUT2D eigenvalue weighted by Crippen LogP contribution is 2.26. The third kappa shape index (κ3) is 4.29. The summed E-state index contributed by atoms with van der Waals surface area (Å²) in [5, 5.41) is 9.32. The van der Waals surface area contributed by atoms with E-state index in [1.165, 1.54) is 19.2 Å². The summed E-state index contributed by atoms with van der Waals surface area (Å²) in [5.74, 6) is 0. The summed E-state index contributed by atoms with van der Waals surface area (Å²) in [5.41, 5.74) is 0.261. The number of hydrogen-bond donors (Lipinski definition) is 2. The summed E-state index contributed by atoms with van der Waals surface area (Å²) in [4.78, 5) is 0. The minimum Gasteiger partial charge on any atom is -0.396 e. The summed E-state index contributed by atoms with van der Waals surface area (Å²) in [6, 6.07) is 4.48. The molecule has 0 aliphatic rings. The van der Waals surface area contributed by atoms with E-state index in [-0.39, 0.29) is 23.9 Å². The number of aliphatic hydroxyl groups excluding tert-OH is 1. The van der Waals surface area contributed by atoms with Crippen molar-refractivity contribution in [1.82, 2.24) is 4.31 Å². The smallest absolute Gasteiger partial charge is 0.301 e. The molecule has 1 rings (SSSR count). The molecular weight excluding hydrogens is 299 g/mol. The molecule has 102 valence electrons. The van der Waals surface area contributed by atoms with Crippen molar-refractivity contribution in [2.75, 3.05) is 24.9 Å². The van der Waals surface area contributed by atoms with Crippen molar-refractivity contribution in [3.8, 4) is 0 Å². The predicted octanol–water partition coefficient (Wildman–Crippen LogP) is 1.96. The first-order valence-electron chi connectivity index (χ1n) is 5.17. The van der Waals surface area contributed by atoms with Crippen LogP contribution in [0.5, 0.6) is 0 Å². The van der Waals surface area contributed by atoms with Gasteiger partial charge in [-0.15, -0.1) is 0 Å². The van der Waals surface area contributed by atoms with Crippen LogP contribution in [0, 0.1) is 0 Å². The molecule has 0 aromatic heterocycles. The molecule has 5 nitrogen and oxygen atoms in total. The Kier molecular flexibility index (Phi) is 5.68. The molecule has 18 heavy (non-hydrogen) atoms. The lowest BCUT2D eigenvalue weighted by molar-refractivity contribution is 0.276. The van der Waals surface area contributed by atoms with Gasteiger partial charge >= 0.3 is 10.2 Å². The SMILES string of the molecule is CN(CCCO)S(=O)(=O)Nc1ccc(Cl)cc1Cl. The summed E-state index contributed by atoms with van der Waals surface area (Å²) < 4.78 is 27.2. The molecule has 2 N–H and O–H groups in total. The van der Waals surface area contributed by atoms with Gasteiger partial charge in [0.1, 0.15) is 0 Å². The Morgan fingerprint density at radius 1 is 1.39 bits per heavy atom. The highest BCUT2D eigenvalue weighted by atomic mass is 35.5. The Labute approximate surface area is 116 Å². The van der Waals surface area contributed by atoms with Gasteiger partial charge in [-0.1, -0.05) is 23.2 Å². The average molecular weight is 313 g/mol. The second-order valence-electron chi connectivity index (χ2n) is 3.63. The lowest BCUT2D eigenvalue weighted by Gasteiger charge is -2.18. The van der Waals surface area contributed by atoms with Crippen LogP contribution in [0.3, 0.4) is 0 Å². The third-order valence-corrected chi connectivity index (χ3v) is 4.24. The van der Waals surface area contributed by atoms with E-state index in [9.17, 15) is 8.42 Å². The van der Waals surface area contributed by atoms with Crippen LogP contribution in [-0.2, 0) is 10.2 Å². The normalized spacial score (nSPS) is 11.8. The molecule has 0 unspecified atom stereocenters. The van der Waals surface area contributed by atoms with Gasteiger partial charge in [-0.3, -0.25) is 4.72 Å². The third-order valence-electron chi connectivity index (χ3n) is 2.21. The standard InChI is InChI=1S/C10H14Cl2N2O3S/c1-14(5-2-6-15)18(16,17)13-10-4-3-8(11)7-9(10)12/h3-4,7,13,15H,2,5-6H2,1H3. The Hall–Kier alpha value is -0.530. The van der Waals surface area contributed by atoms with Gasteiger partial charge in [-0.05, 0) is 24.6 Å². The average Bonchev–Trinajstić information content (AvgIpc) is 2.29.